The first-order valence-corrected chi connectivity index (χ1v) is 13.2. The van der Waals surface area contributed by atoms with Crippen molar-refractivity contribution in [1.29, 1.82) is 0 Å². The first-order valence-electron chi connectivity index (χ1n) is 10.8. The zero-order chi connectivity index (χ0) is 23.7. The maximum absolute atomic E-state index is 13.5. The average Bonchev–Trinajstić information content (AvgIpc) is 3.19. The molecule has 0 radical (unpaired) electrons. The molecule has 5 nitrogen and oxygen atoms in total. The van der Waals surface area contributed by atoms with E-state index >= 15 is 0 Å². The molecule has 0 aliphatic carbocycles. The molecule has 0 aliphatic rings. The summed E-state index contributed by atoms with van der Waals surface area (Å²) in [6, 6.07) is 31.2. The second-order valence-electron chi connectivity index (χ2n) is 7.91. The number of aromatic nitrogens is 1. The van der Waals surface area contributed by atoms with Crippen molar-refractivity contribution in [3.63, 3.8) is 0 Å². The van der Waals surface area contributed by atoms with Crippen LogP contribution in [0.15, 0.2) is 113 Å². The molecule has 1 N–H and O–H groups in total. The predicted octanol–water partition coefficient (Wildman–Crippen LogP) is 6.42. The lowest BCUT2D eigenvalue weighted by molar-refractivity contribution is 0.0925. The lowest BCUT2D eigenvalue weighted by atomic mass is 10.2. The highest BCUT2D eigenvalue weighted by molar-refractivity contribution is 8.00. The second kappa shape index (κ2) is 9.00. The highest BCUT2D eigenvalue weighted by Crippen LogP contribution is 2.32. The Hall–Kier alpha value is -3.55. The number of hydrogen-bond acceptors (Lipinski definition) is 4. The normalized spacial score (nSPS) is 12.6. The van der Waals surface area contributed by atoms with Gasteiger partial charge in [-0.15, -0.1) is 11.8 Å². The van der Waals surface area contributed by atoms with Crippen LogP contribution >= 0.6 is 11.8 Å². The van der Waals surface area contributed by atoms with E-state index in [4.69, 9.17) is 0 Å². The fraction of sp³-hybridized carbons (Fsp3) is 0.0741. The third-order valence-electron chi connectivity index (χ3n) is 5.62. The van der Waals surface area contributed by atoms with E-state index in [0.717, 1.165) is 26.7 Å². The molecular formula is C27H22N2O3S2. The number of fused-ring (bicyclic) bond motifs is 3. The smallest absolute Gasteiger partial charge is 0.261 e. The van der Waals surface area contributed by atoms with Gasteiger partial charge < -0.3 is 0 Å². The van der Waals surface area contributed by atoms with Crippen LogP contribution in [0.1, 0.15) is 11.7 Å². The Labute approximate surface area is 202 Å². The number of rotatable bonds is 6. The van der Waals surface area contributed by atoms with Gasteiger partial charge in [-0.25, -0.2) is 8.42 Å². The lowest BCUT2D eigenvalue weighted by Crippen LogP contribution is -2.21. The van der Waals surface area contributed by atoms with Crippen LogP contribution in [-0.4, -0.2) is 24.1 Å². The Bertz CT molecular complexity index is 1540. The highest BCUT2D eigenvalue weighted by Gasteiger charge is 2.21. The Morgan fingerprint density at radius 3 is 1.88 bits per heavy atom. The maximum atomic E-state index is 13.5. The van der Waals surface area contributed by atoms with Gasteiger partial charge >= 0.3 is 0 Å². The number of thioether (sulfide) groups is 1. The van der Waals surface area contributed by atoms with Gasteiger partial charge in [-0.1, -0.05) is 54.6 Å². The van der Waals surface area contributed by atoms with Gasteiger partial charge in [0.2, 0.25) is 5.91 Å². The molecule has 1 atom stereocenters. The lowest BCUT2D eigenvalue weighted by Gasteiger charge is -2.14. The monoisotopic (exact) mass is 486 g/mol. The fourth-order valence-corrected chi connectivity index (χ4v) is 6.00. The zero-order valence-corrected chi connectivity index (χ0v) is 20.0. The average molecular weight is 487 g/mol. The minimum absolute atomic E-state index is 0.00347. The van der Waals surface area contributed by atoms with Crippen molar-refractivity contribution in [1.82, 2.24) is 4.57 Å². The Morgan fingerprint density at radius 1 is 0.765 bits per heavy atom. The van der Waals surface area contributed by atoms with Crippen LogP contribution in [0.3, 0.4) is 0 Å². The maximum Gasteiger partial charge on any atom is 0.261 e. The number of carbonyl (C=O) groups excluding carboxylic acids is 1. The van der Waals surface area contributed by atoms with E-state index in [9.17, 15) is 13.2 Å². The summed E-state index contributed by atoms with van der Waals surface area (Å²) in [6.07, 6.45) is 0. The summed E-state index contributed by atoms with van der Waals surface area (Å²) in [4.78, 5) is 14.6. The van der Waals surface area contributed by atoms with E-state index in [-0.39, 0.29) is 16.1 Å². The Morgan fingerprint density at radius 2 is 1.29 bits per heavy atom. The summed E-state index contributed by atoms with van der Waals surface area (Å²) in [7, 11) is -3.65. The Kier molecular flexibility index (Phi) is 5.89. The van der Waals surface area contributed by atoms with E-state index < -0.39 is 10.0 Å². The number of hydrogen-bond donors (Lipinski definition) is 1. The van der Waals surface area contributed by atoms with Crippen molar-refractivity contribution in [2.75, 3.05) is 4.72 Å². The summed E-state index contributed by atoms with van der Waals surface area (Å²) in [5.74, 6) is -0.00347. The number of carbonyl (C=O) groups is 1. The molecule has 1 heterocycles. The first-order chi connectivity index (χ1) is 16.4. The number of anilines is 1. The van der Waals surface area contributed by atoms with Gasteiger partial charge in [0.1, 0.15) is 0 Å². The van der Waals surface area contributed by atoms with Crippen LogP contribution in [-0.2, 0) is 10.0 Å². The van der Waals surface area contributed by atoms with Crippen molar-refractivity contribution in [2.45, 2.75) is 22.0 Å². The molecule has 0 saturated carbocycles. The number of sulfonamides is 1. The largest absolute Gasteiger partial charge is 0.280 e. The molecular weight excluding hydrogens is 464 g/mol. The molecule has 0 spiro atoms. The van der Waals surface area contributed by atoms with E-state index in [2.05, 4.69) is 4.72 Å². The topological polar surface area (TPSA) is 68.2 Å². The van der Waals surface area contributed by atoms with Crippen molar-refractivity contribution in [3.05, 3.63) is 103 Å². The number of nitrogens with zero attached hydrogens (tertiary/aromatic N) is 1. The van der Waals surface area contributed by atoms with Crippen molar-refractivity contribution >= 4 is 55.2 Å². The van der Waals surface area contributed by atoms with E-state index in [1.54, 1.807) is 47.0 Å². The van der Waals surface area contributed by atoms with Crippen molar-refractivity contribution < 1.29 is 13.2 Å². The van der Waals surface area contributed by atoms with Crippen LogP contribution in [0.5, 0.6) is 0 Å². The summed E-state index contributed by atoms with van der Waals surface area (Å²) in [5, 5.41) is 1.77. The molecule has 5 rings (SSSR count). The minimum atomic E-state index is -3.65. The third kappa shape index (κ3) is 4.20. The molecule has 0 bridgehead atoms. The molecule has 0 aliphatic heterocycles. The van der Waals surface area contributed by atoms with E-state index in [1.807, 2.05) is 67.6 Å². The fourth-order valence-electron chi connectivity index (χ4n) is 4.01. The van der Waals surface area contributed by atoms with Crippen LogP contribution in [0.25, 0.3) is 21.8 Å². The number of para-hydroxylation sites is 2. The molecule has 7 heteroatoms. The van der Waals surface area contributed by atoms with Crippen LogP contribution in [0, 0.1) is 0 Å². The molecule has 1 aromatic heterocycles. The predicted molar refractivity (Wildman–Crippen MR) is 139 cm³/mol. The molecule has 1 unspecified atom stereocenters. The summed E-state index contributed by atoms with van der Waals surface area (Å²) < 4.78 is 29.5. The van der Waals surface area contributed by atoms with Crippen molar-refractivity contribution in [3.8, 4) is 0 Å². The first kappa shape index (κ1) is 22.3. The number of nitrogens with one attached hydrogen (secondary N) is 1. The second-order valence-corrected chi connectivity index (χ2v) is 11.0. The van der Waals surface area contributed by atoms with Crippen molar-refractivity contribution in [2.24, 2.45) is 0 Å². The van der Waals surface area contributed by atoms with Crippen LogP contribution in [0.2, 0.25) is 0 Å². The van der Waals surface area contributed by atoms with Gasteiger partial charge in [0.05, 0.1) is 21.2 Å². The van der Waals surface area contributed by atoms with E-state index in [1.165, 1.54) is 11.8 Å². The Balaban J connectivity index is 1.36. The third-order valence-corrected chi connectivity index (χ3v) is 8.12. The quantitative estimate of drug-likeness (QED) is 0.281. The molecule has 0 saturated heterocycles. The molecule has 34 heavy (non-hydrogen) atoms. The summed E-state index contributed by atoms with van der Waals surface area (Å²) in [5.41, 5.74) is 2.26. The van der Waals surface area contributed by atoms with E-state index in [0.29, 0.717) is 5.69 Å². The minimum Gasteiger partial charge on any atom is -0.280 e. The van der Waals surface area contributed by atoms with Gasteiger partial charge in [-0.05, 0) is 55.5 Å². The molecule has 5 aromatic rings. The van der Waals surface area contributed by atoms with Gasteiger partial charge in [-0.2, -0.15) is 0 Å². The number of benzene rings is 4. The van der Waals surface area contributed by atoms with Gasteiger partial charge in [0, 0.05) is 21.4 Å². The zero-order valence-electron chi connectivity index (χ0n) is 18.4. The molecule has 0 fully saturated rings. The summed E-state index contributed by atoms with van der Waals surface area (Å²) >= 11 is 1.44. The molecule has 4 aromatic carbocycles. The highest BCUT2D eigenvalue weighted by atomic mass is 32.2. The molecule has 170 valence electrons. The van der Waals surface area contributed by atoms with Gasteiger partial charge in [0.25, 0.3) is 10.0 Å². The van der Waals surface area contributed by atoms with Crippen LogP contribution < -0.4 is 4.72 Å². The van der Waals surface area contributed by atoms with Crippen LogP contribution in [0.4, 0.5) is 5.69 Å². The summed E-state index contributed by atoms with van der Waals surface area (Å²) in [6.45, 7) is 1.89. The standard InChI is InChI=1S/C27H22N2O3S2/c1-19(27(30)29-25-13-7-5-11-23(25)24-12-6-8-14-26(24)29)33-21-17-15-20(16-18-21)28-34(31,32)22-9-3-2-4-10-22/h2-19,28H,1H3. The molecule has 0 amide bonds. The van der Waals surface area contributed by atoms with Gasteiger partial charge in [0.15, 0.2) is 0 Å². The SMILES string of the molecule is CC(Sc1ccc(NS(=O)(=O)c2ccccc2)cc1)C(=O)n1c2ccccc2c2ccccc21. The van der Waals surface area contributed by atoms with Gasteiger partial charge in [-0.3, -0.25) is 14.1 Å².